The van der Waals surface area contributed by atoms with Gasteiger partial charge < -0.3 is 0 Å². The van der Waals surface area contributed by atoms with Gasteiger partial charge in [0.1, 0.15) is 0 Å². The van der Waals surface area contributed by atoms with Crippen molar-refractivity contribution in [2.45, 2.75) is 51.7 Å². The number of hydrogen-bond donors (Lipinski definition) is 0. The first kappa shape index (κ1) is 23.0. The highest BCUT2D eigenvalue weighted by Gasteiger charge is 2.43. The van der Waals surface area contributed by atoms with Crippen molar-refractivity contribution < 1.29 is 13.2 Å². The number of hydrogen-bond acceptors (Lipinski definition) is 2. The maximum atomic E-state index is 13.6. The Bertz CT molecular complexity index is 809. The van der Waals surface area contributed by atoms with Crippen LogP contribution in [0.5, 0.6) is 0 Å². The van der Waals surface area contributed by atoms with E-state index in [1.807, 2.05) is 32.0 Å². The summed E-state index contributed by atoms with van der Waals surface area (Å²) in [6, 6.07) is 17.9. The summed E-state index contributed by atoms with van der Waals surface area (Å²) in [5, 5.41) is 10.0. The summed E-state index contributed by atoms with van der Waals surface area (Å²) >= 11 is 0. The van der Waals surface area contributed by atoms with Gasteiger partial charge in [-0.1, -0.05) is 69.3 Å². The number of halogens is 3. The number of nitriles is 1. The Hall–Kier alpha value is -2.32. The van der Waals surface area contributed by atoms with Crippen molar-refractivity contribution in [3.05, 3.63) is 71.3 Å². The maximum absolute atomic E-state index is 13.6. The molecule has 29 heavy (non-hydrogen) atoms. The number of nitrogens with zero attached hydrogens (tertiary/aromatic N) is 2. The van der Waals surface area contributed by atoms with Gasteiger partial charge in [0.2, 0.25) is 0 Å². The van der Waals surface area contributed by atoms with Crippen molar-refractivity contribution in [3.63, 3.8) is 0 Å². The lowest BCUT2D eigenvalue weighted by molar-refractivity contribution is -0.138. The molecule has 1 unspecified atom stereocenters. The van der Waals surface area contributed by atoms with E-state index < -0.39 is 17.2 Å². The van der Waals surface area contributed by atoms with Crippen LogP contribution in [0.25, 0.3) is 0 Å². The van der Waals surface area contributed by atoms with Crippen molar-refractivity contribution in [2.75, 3.05) is 13.1 Å². The zero-order chi connectivity index (χ0) is 21.5. The molecular weight excluding hydrogens is 373 g/mol. The topological polar surface area (TPSA) is 27.0 Å². The van der Waals surface area contributed by atoms with Crippen molar-refractivity contribution in [3.8, 4) is 6.07 Å². The molecule has 5 heteroatoms. The molecule has 0 bridgehead atoms. The standard InChI is InChI=1S/C24H29F3N2/c1-4-29(17-20-11-6-5-7-12-20)16-10-15-23(18-28,19(2)3)21-13-8-9-14-22(21)24(25,26)27/h5-9,11-14,19H,4,10,15-17H2,1-3H3. The quantitative estimate of drug-likeness (QED) is 0.483. The molecule has 0 aliphatic rings. The van der Waals surface area contributed by atoms with Crippen LogP contribution in [-0.2, 0) is 18.1 Å². The molecule has 0 aromatic heterocycles. The minimum atomic E-state index is -4.48. The minimum absolute atomic E-state index is 0.0936. The van der Waals surface area contributed by atoms with Gasteiger partial charge in [-0.15, -0.1) is 0 Å². The molecule has 0 spiro atoms. The molecule has 2 aromatic carbocycles. The van der Waals surface area contributed by atoms with Gasteiger partial charge in [-0.05, 0) is 49.0 Å². The van der Waals surface area contributed by atoms with Crippen molar-refractivity contribution in [2.24, 2.45) is 5.92 Å². The third-order valence-electron chi connectivity index (χ3n) is 5.64. The molecule has 0 aliphatic carbocycles. The lowest BCUT2D eigenvalue weighted by atomic mass is 9.68. The predicted octanol–water partition coefficient (Wildman–Crippen LogP) is 6.43. The van der Waals surface area contributed by atoms with Gasteiger partial charge >= 0.3 is 6.18 Å². The van der Waals surface area contributed by atoms with Crippen molar-refractivity contribution in [1.82, 2.24) is 4.90 Å². The molecular formula is C24H29F3N2. The Morgan fingerprint density at radius 3 is 2.07 bits per heavy atom. The highest BCUT2D eigenvalue weighted by atomic mass is 19.4. The second-order valence-corrected chi connectivity index (χ2v) is 7.74. The Balaban J connectivity index is 2.21. The van der Waals surface area contributed by atoms with Crippen LogP contribution in [0, 0.1) is 17.2 Å². The molecule has 156 valence electrons. The van der Waals surface area contributed by atoms with E-state index in [1.54, 1.807) is 6.07 Å². The second-order valence-electron chi connectivity index (χ2n) is 7.74. The zero-order valence-electron chi connectivity index (χ0n) is 17.3. The summed E-state index contributed by atoms with van der Waals surface area (Å²) in [4.78, 5) is 2.26. The lowest BCUT2D eigenvalue weighted by Crippen LogP contribution is -2.35. The number of rotatable bonds is 9. The summed E-state index contributed by atoms with van der Waals surface area (Å²) in [6.45, 7) is 8.10. The van der Waals surface area contributed by atoms with Crippen LogP contribution in [0.2, 0.25) is 0 Å². The number of alkyl halides is 3. The lowest BCUT2D eigenvalue weighted by Gasteiger charge is -2.34. The van der Waals surface area contributed by atoms with E-state index >= 15 is 0 Å². The van der Waals surface area contributed by atoms with E-state index in [9.17, 15) is 18.4 Å². The first-order chi connectivity index (χ1) is 13.7. The highest BCUT2D eigenvalue weighted by molar-refractivity contribution is 5.41. The van der Waals surface area contributed by atoms with Crippen LogP contribution in [0.4, 0.5) is 13.2 Å². The normalized spacial score (nSPS) is 14.0. The molecule has 0 saturated heterocycles. The van der Waals surface area contributed by atoms with Gasteiger partial charge in [-0.2, -0.15) is 18.4 Å². The van der Waals surface area contributed by atoms with Crippen LogP contribution in [0.3, 0.4) is 0 Å². The van der Waals surface area contributed by atoms with E-state index in [0.29, 0.717) is 12.8 Å². The molecule has 2 aromatic rings. The van der Waals surface area contributed by atoms with Crippen LogP contribution < -0.4 is 0 Å². The first-order valence-corrected chi connectivity index (χ1v) is 10.1. The van der Waals surface area contributed by atoms with Crippen molar-refractivity contribution in [1.29, 1.82) is 5.26 Å². The van der Waals surface area contributed by atoms with E-state index in [4.69, 9.17) is 0 Å². The van der Waals surface area contributed by atoms with E-state index in [2.05, 4.69) is 30.0 Å². The van der Waals surface area contributed by atoms with Gasteiger partial charge in [0.05, 0.1) is 17.0 Å². The Labute approximate surface area is 172 Å². The molecule has 2 nitrogen and oxygen atoms in total. The summed E-state index contributed by atoms with van der Waals surface area (Å²) in [6.07, 6.45) is -3.44. The zero-order valence-corrected chi connectivity index (χ0v) is 17.3. The molecule has 0 heterocycles. The second kappa shape index (κ2) is 9.93. The average molecular weight is 403 g/mol. The summed E-state index contributed by atoms with van der Waals surface area (Å²) < 4.78 is 40.8. The first-order valence-electron chi connectivity index (χ1n) is 10.1. The summed E-state index contributed by atoms with van der Waals surface area (Å²) in [5.41, 5.74) is -0.576. The predicted molar refractivity (Wildman–Crippen MR) is 110 cm³/mol. The smallest absolute Gasteiger partial charge is 0.299 e. The molecule has 1 atom stereocenters. The van der Waals surface area contributed by atoms with Gasteiger partial charge in [-0.3, -0.25) is 4.90 Å². The van der Waals surface area contributed by atoms with Crippen LogP contribution in [-0.4, -0.2) is 18.0 Å². The Morgan fingerprint density at radius 2 is 1.55 bits per heavy atom. The Morgan fingerprint density at radius 1 is 0.966 bits per heavy atom. The minimum Gasteiger partial charge on any atom is -0.299 e. The van der Waals surface area contributed by atoms with Crippen LogP contribution >= 0.6 is 0 Å². The fourth-order valence-corrected chi connectivity index (χ4v) is 3.87. The van der Waals surface area contributed by atoms with Gasteiger partial charge in [0.25, 0.3) is 0 Å². The van der Waals surface area contributed by atoms with E-state index in [0.717, 1.165) is 25.7 Å². The Kier molecular flexibility index (Phi) is 7.87. The van der Waals surface area contributed by atoms with E-state index in [-0.39, 0.29) is 11.5 Å². The van der Waals surface area contributed by atoms with E-state index in [1.165, 1.54) is 17.7 Å². The molecule has 0 aliphatic heterocycles. The van der Waals surface area contributed by atoms with Crippen molar-refractivity contribution >= 4 is 0 Å². The third kappa shape index (κ3) is 5.61. The molecule has 0 amide bonds. The van der Waals surface area contributed by atoms with Crippen LogP contribution in [0.1, 0.15) is 50.3 Å². The van der Waals surface area contributed by atoms with Crippen LogP contribution in [0.15, 0.2) is 54.6 Å². The summed E-state index contributed by atoms with van der Waals surface area (Å²) in [7, 11) is 0. The van der Waals surface area contributed by atoms with Gasteiger partial charge in [-0.25, -0.2) is 0 Å². The average Bonchev–Trinajstić information content (AvgIpc) is 2.70. The number of benzene rings is 2. The van der Waals surface area contributed by atoms with Gasteiger partial charge in [0, 0.05) is 6.54 Å². The van der Waals surface area contributed by atoms with Gasteiger partial charge in [0.15, 0.2) is 0 Å². The molecule has 0 radical (unpaired) electrons. The fraction of sp³-hybridized carbons (Fsp3) is 0.458. The monoisotopic (exact) mass is 402 g/mol. The summed E-state index contributed by atoms with van der Waals surface area (Å²) in [5.74, 6) is -0.236. The SMILES string of the molecule is CCN(CCCC(C#N)(c1ccccc1C(F)(F)F)C(C)C)Cc1ccccc1. The third-order valence-corrected chi connectivity index (χ3v) is 5.64. The maximum Gasteiger partial charge on any atom is 0.416 e. The highest BCUT2D eigenvalue weighted by Crippen LogP contribution is 2.43. The molecule has 0 N–H and O–H groups in total. The molecule has 0 saturated carbocycles. The fourth-order valence-electron chi connectivity index (χ4n) is 3.87. The molecule has 0 fully saturated rings. The molecule has 2 rings (SSSR count). The largest absolute Gasteiger partial charge is 0.416 e.